The molecule has 2 amide bonds. The highest BCUT2D eigenvalue weighted by molar-refractivity contribution is 6.36. The number of amides is 2. The van der Waals surface area contributed by atoms with Crippen LogP contribution in [0, 0.1) is 12.8 Å². The minimum absolute atomic E-state index is 0.181. The van der Waals surface area contributed by atoms with Crippen molar-refractivity contribution in [2.24, 2.45) is 20.0 Å². The van der Waals surface area contributed by atoms with Crippen LogP contribution in [0.3, 0.4) is 0 Å². The van der Waals surface area contributed by atoms with E-state index < -0.39 is 0 Å². The lowest BCUT2D eigenvalue weighted by molar-refractivity contribution is 0.0668. The summed E-state index contributed by atoms with van der Waals surface area (Å²) in [6.07, 6.45) is 13.3. The predicted octanol–water partition coefficient (Wildman–Crippen LogP) is 7.28. The van der Waals surface area contributed by atoms with Crippen LogP contribution in [-0.4, -0.2) is 77.6 Å². The van der Waals surface area contributed by atoms with Crippen LogP contribution >= 0.6 is 11.6 Å². The fourth-order valence-corrected chi connectivity index (χ4v) is 9.83. The zero-order chi connectivity index (χ0) is 38.2. The van der Waals surface area contributed by atoms with Crippen LogP contribution < -0.4 is 10.6 Å². The van der Waals surface area contributed by atoms with Crippen LogP contribution in [0.1, 0.15) is 114 Å². The van der Waals surface area contributed by atoms with Crippen molar-refractivity contribution in [2.75, 3.05) is 30.3 Å². The summed E-state index contributed by atoms with van der Waals surface area (Å²) >= 11 is 7.05. The normalized spacial score (nSPS) is 20.9. The van der Waals surface area contributed by atoms with E-state index in [0.717, 1.165) is 117 Å². The van der Waals surface area contributed by atoms with Crippen LogP contribution in [0.2, 0.25) is 5.02 Å². The molecule has 2 aromatic carbocycles. The fraction of sp³-hybridized carbons (Fsp3) is 0.535. The molecule has 2 saturated carbocycles. The third-order valence-corrected chi connectivity index (χ3v) is 13.3. The molecule has 4 aliphatic rings. The lowest BCUT2D eigenvalue weighted by Crippen LogP contribution is -2.42. The SMILES string of the molecule is Cc1c(NC(=O)c2nc3c(n2C)CCN([C@H]2CC[C@H](O)CC2)C3)cccc1-c1cccc(NC(=O)c2nc3c(n2C)CCN(CCC2CCCCC2)C3)c1Cl. The number of anilines is 2. The Kier molecular flexibility index (Phi) is 11.2. The van der Waals surface area contributed by atoms with Crippen LogP contribution in [0.25, 0.3) is 11.1 Å². The van der Waals surface area contributed by atoms with Crippen molar-refractivity contribution < 1.29 is 14.7 Å². The molecule has 0 atom stereocenters. The van der Waals surface area contributed by atoms with Crippen molar-refractivity contribution in [2.45, 2.75) is 109 Å². The Labute approximate surface area is 329 Å². The molecule has 0 saturated heterocycles. The number of hydrogen-bond donors (Lipinski definition) is 3. The Morgan fingerprint density at radius 1 is 0.782 bits per heavy atom. The molecule has 11 nitrogen and oxygen atoms in total. The van der Waals surface area contributed by atoms with Gasteiger partial charge in [-0.2, -0.15) is 0 Å². The number of benzene rings is 2. The molecule has 0 spiro atoms. The van der Waals surface area contributed by atoms with Gasteiger partial charge < -0.3 is 24.9 Å². The van der Waals surface area contributed by atoms with Gasteiger partial charge in [0.2, 0.25) is 0 Å². The largest absolute Gasteiger partial charge is 0.393 e. The molecule has 55 heavy (non-hydrogen) atoms. The number of aromatic nitrogens is 4. The number of aliphatic hydroxyl groups excluding tert-OH is 1. The molecule has 4 aromatic rings. The van der Waals surface area contributed by atoms with Gasteiger partial charge in [-0.3, -0.25) is 19.4 Å². The average Bonchev–Trinajstić information content (AvgIpc) is 3.71. The van der Waals surface area contributed by atoms with Crippen molar-refractivity contribution in [3.8, 4) is 11.1 Å². The summed E-state index contributed by atoms with van der Waals surface area (Å²) in [5.41, 5.74) is 7.82. The third kappa shape index (κ3) is 7.86. The molecule has 2 aromatic heterocycles. The van der Waals surface area contributed by atoms with E-state index in [9.17, 15) is 14.7 Å². The second-order valence-corrected chi connectivity index (χ2v) is 16.7. The summed E-state index contributed by atoms with van der Waals surface area (Å²) in [7, 11) is 3.85. The van der Waals surface area contributed by atoms with Crippen LogP contribution in [0.15, 0.2) is 36.4 Å². The van der Waals surface area contributed by atoms with Crippen molar-refractivity contribution >= 4 is 34.8 Å². The van der Waals surface area contributed by atoms with E-state index in [1.54, 1.807) is 0 Å². The number of nitrogens with one attached hydrogen (secondary N) is 2. The van der Waals surface area contributed by atoms with Gasteiger partial charge in [-0.15, -0.1) is 0 Å². The molecule has 0 bridgehead atoms. The average molecular weight is 767 g/mol. The van der Waals surface area contributed by atoms with Crippen molar-refractivity contribution in [3.05, 3.63) is 81.4 Å². The van der Waals surface area contributed by atoms with Crippen molar-refractivity contribution in [1.29, 1.82) is 0 Å². The summed E-state index contributed by atoms with van der Waals surface area (Å²) in [4.78, 5) is 42.1. The highest BCUT2D eigenvalue weighted by Gasteiger charge is 2.32. The Balaban J connectivity index is 0.940. The Bertz CT molecular complexity index is 2060. The van der Waals surface area contributed by atoms with Gasteiger partial charge in [-0.1, -0.05) is 68.0 Å². The number of carbonyl (C=O) groups is 2. The van der Waals surface area contributed by atoms with Gasteiger partial charge in [0.15, 0.2) is 11.6 Å². The quantitative estimate of drug-likeness (QED) is 0.164. The molecule has 2 aliphatic heterocycles. The van der Waals surface area contributed by atoms with Gasteiger partial charge in [-0.05, 0) is 74.8 Å². The number of carbonyl (C=O) groups excluding carboxylic acids is 2. The van der Waals surface area contributed by atoms with E-state index in [4.69, 9.17) is 21.6 Å². The Morgan fingerprint density at radius 3 is 2.07 bits per heavy atom. The zero-order valence-electron chi connectivity index (χ0n) is 32.5. The number of hydrogen-bond acceptors (Lipinski definition) is 7. The highest BCUT2D eigenvalue weighted by atomic mass is 35.5. The van der Waals surface area contributed by atoms with Gasteiger partial charge in [0.1, 0.15) is 0 Å². The first kappa shape index (κ1) is 37.9. The number of aliphatic hydroxyl groups is 1. The molecule has 0 unspecified atom stereocenters. The van der Waals surface area contributed by atoms with Gasteiger partial charge in [-0.25, -0.2) is 9.97 Å². The van der Waals surface area contributed by atoms with Crippen molar-refractivity contribution in [3.63, 3.8) is 0 Å². The van der Waals surface area contributed by atoms with Crippen LogP contribution in [0.4, 0.5) is 11.4 Å². The summed E-state index contributed by atoms with van der Waals surface area (Å²) in [6, 6.07) is 11.8. The fourth-order valence-electron chi connectivity index (χ4n) is 9.56. The zero-order valence-corrected chi connectivity index (χ0v) is 33.3. The molecule has 2 aliphatic carbocycles. The molecule has 292 valence electrons. The van der Waals surface area contributed by atoms with E-state index in [0.29, 0.717) is 34.1 Å². The smallest absolute Gasteiger partial charge is 0.291 e. The van der Waals surface area contributed by atoms with Crippen LogP contribution in [-0.2, 0) is 40.0 Å². The third-order valence-electron chi connectivity index (χ3n) is 12.9. The number of fused-ring (bicyclic) bond motifs is 2. The molecular formula is C43H55ClN8O3. The van der Waals surface area contributed by atoms with Gasteiger partial charge in [0.25, 0.3) is 11.8 Å². The van der Waals surface area contributed by atoms with E-state index in [1.165, 1.54) is 38.5 Å². The van der Waals surface area contributed by atoms with Crippen molar-refractivity contribution in [1.82, 2.24) is 28.9 Å². The highest BCUT2D eigenvalue weighted by Crippen LogP contribution is 2.38. The van der Waals surface area contributed by atoms with Gasteiger partial charge >= 0.3 is 0 Å². The lowest BCUT2D eigenvalue weighted by Gasteiger charge is -2.37. The molecule has 4 heterocycles. The summed E-state index contributed by atoms with van der Waals surface area (Å²) in [5.74, 6) is 1.07. The predicted molar refractivity (Wildman–Crippen MR) is 216 cm³/mol. The molecule has 8 rings (SSSR count). The minimum atomic E-state index is -0.291. The summed E-state index contributed by atoms with van der Waals surface area (Å²) < 4.78 is 3.87. The van der Waals surface area contributed by atoms with Gasteiger partial charge in [0.05, 0.1) is 28.2 Å². The van der Waals surface area contributed by atoms with Crippen LogP contribution in [0.5, 0.6) is 0 Å². The van der Waals surface area contributed by atoms with E-state index in [2.05, 4.69) is 20.4 Å². The van der Waals surface area contributed by atoms with Gasteiger partial charge in [0, 0.05) is 81.8 Å². The monoisotopic (exact) mass is 766 g/mol. The maximum Gasteiger partial charge on any atom is 0.291 e. The molecular weight excluding hydrogens is 712 g/mol. The first-order chi connectivity index (χ1) is 26.6. The van der Waals surface area contributed by atoms with E-state index in [-0.39, 0.29) is 17.9 Å². The van der Waals surface area contributed by atoms with E-state index in [1.807, 2.05) is 66.6 Å². The molecule has 0 radical (unpaired) electrons. The second kappa shape index (κ2) is 16.2. The maximum atomic E-state index is 13.7. The lowest BCUT2D eigenvalue weighted by atomic mass is 9.87. The minimum Gasteiger partial charge on any atom is -0.393 e. The number of rotatable bonds is 9. The number of halogens is 1. The Hall–Kier alpha value is -4.03. The number of imidazole rings is 2. The molecule has 3 N–H and O–H groups in total. The molecule has 12 heteroatoms. The molecule has 2 fully saturated rings. The standard InChI is InChI=1S/C43H55ClN8O3/c1-27-31(11-7-13-33(27)47-42(54)40-46-36-26-52(24-21-38(36)50(40)3)29-15-17-30(53)18-16-29)32-12-8-14-34(39(32)44)48-43(55)41-45-35-25-51(23-20-37(35)49(41)2)22-19-28-9-5-4-6-10-28/h7-8,11-14,28-30,53H,4-6,9-10,15-26H2,1-3H3,(H,47,54)(H,48,55)/t29-,30-. The first-order valence-electron chi connectivity index (χ1n) is 20.4. The maximum absolute atomic E-state index is 13.7. The summed E-state index contributed by atoms with van der Waals surface area (Å²) in [5, 5.41) is 16.6. The number of nitrogens with zero attached hydrogens (tertiary/aromatic N) is 6. The Morgan fingerprint density at radius 2 is 1.38 bits per heavy atom. The first-order valence-corrected chi connectivity index (χ1v) is 20.8. The summed E-state index contributed by atoms with van der Waals surface area (Å²) in [6.45, 7) is 6.47. The topological polar surface area (TPSA) is 121 Å². The van der Waals surface area contributed by atoms with E-state index >= 15 is 0 Å². The second-order valence-electron chi connectivity index (χ2n) is 16.3.